The van der Waals surface area contributed by atoms with Gasteiger partial charge in [-0.3, -0.25) is 0 Å². The number of aryl methyl sites for hydroxylation is 1. The molecule has 0 bridgehead atoms. The Kier molecular flexibility index (Phi) is 6.35. The van der Waals surface area contributed by atoms with Gasteiger partial charge in [0.2, 0.25) is 0 Å². The Labute approximate surface area is 317 Å². The Balaban J connectivity index is 1.13. The van der Waals surface area contributed by atoms with Gasteiger partial charge in [0.05, 0.1) is 11.0 Å². The SMILES string of the molecule is CCn1c(-c2ccccc2)nc2cc(-c3ccc(-c4cc5ccc6cccc7c8cccc9ccc%10cccc(c(c4)c5c67)c%10c98)c4ccccc34)ccc21. The normalized spacial score (nSPS) is 12.2. The van der Waals surface area contributed by atoms with Crippen molar-refractivity contribution in [3.8, 4) is 33.6 Å². The van der Waals surface area contributed by atoms with E-state index in [0.717, 1.165) is 29.0 Å². The zero-order valence-corrected chi connectivity index (χ0v) is 30.3. The second kappa shape index (κ2) is 11.5. The van der Waals surface area contributed by atoms with Gasteiger partial charge in [0.1, 0.15) is 5.82 Å². The van der Waals surface area contributed by atoms with E-state index in [0.29, 0.717) is 0 Å². The van der Waals surface area contributed by atoms with E-state index < -0.39 is 0 Å². The Bertz CT molecular complexity index is 3510. The van der Waals surface area contributed by atoms with Crippen LogP contribution < -0.4 is 0 Å². The van der Waals surface area contributed by atoms with Crippen molar-refractivity contribution in [3.05, 3.63) is 176 Å². The molecule has 0 aliphatic rings. The number of aromatic nitrogens is 2. The molecule has 1 heterocycles. The molecule has 0 spiro atoms. The second-order valence-corrected chi connectivity index (χ2v) is 14.9. The van der Waals surface area contributed by atoms with E-state index >= 15 is 0 Å². The maximum absolute atomic E-state index is 5.18. The summed E-state index contributed by atoms with van der Waals surface area (Å²) in [5, 5.41) is 18.1. The van der Waals surface area contributed by atoms with Gasteiger partial charge < -0.3 is 4.57 Å². The summed E-state index contributed by atoms with van der Waals surface area (Å²) in [6.45, 7) is 3.05. The number of hydrogen-bond donors (Lipinski definition) is 0. The van der Waals surface area contributed by atoms with E-state index in [9.17, 15) is 0 Å². The number of benzene rings is 10. The first kappa shape index (κ1) is 30.4. The summed E-state index contributed by atoms with van der Waals surface area (Å²) in [5.41, 5.74) is 8.17. The molecule has 12 aromatic rings. The predicted octanol–water partition coefficient (Wildman–Crippen LogP) is 14.6. The molecule has 0 saturated heterocycles. The summed E-state index contributed by atoms with van der Waals surface area (Å²) in [6, 6.07) is 65.4. The van der Waals surface area contributed by atoms with E-state index in [-0.39, 0.29) is 0 Å². The van der Waals surface area contributed by atoms with Crippen LogP contribution >= 0.6 is 0 Å². The summed E-state index contributed by atoms with van der Waals surface area (Å²) in [7, 11) is 0. The van der Waals surface area contributed by atoms with E-state index in [1.807, 2.05) is 0 Å². The van der Waals surface area contributed by atoms with Crippen LogP contribution in [0.5, 0.6) is 0 Å². The van der Waals surface area contributed by atoms with Crippen LogP contribution in [0.25, 0.3) is 120 Å². The van der Waals surface area contributed by atoms with Crippen LogP contribution in [0.15, 0.2) is 176 Å². The van der Waals surface area contributed by atoms with E-state index in [2.05, 4.69) is 187 Å². The average Bonchev–Trinajstić information content (AvgIpc) is 3.62. The molecule has 0 saturated carbocycles. The van der Waals surface area contributed by atoms with Gasteiger partial charge in [0.15, 0.2) is 0 Å². The van der Waals surface area contributed by atoms with Gasteiger partial charge in [-0.1, -0.05) is 152 Å². The zero-order valence-electron chi connectivity index (χ0n) is 30.3. The minimum absolute atomic E-state index is 0.860. The van der Waals surface area contributed by atoms with Crippen molar-refractivity contribution in [1.82, 2.24) is 9.55 Å². The van der Waals surface area contributed by atoms with Crippen molar-refractivity contribution in [2.45, 2.75) is 13.5 Å². The molecule has 0 amide bonds. The quantitative estimate of drug-likeness (QED) is 0.167. The van der Waals surface area contributed by atoms with Crippen LogP contribution in [0, 0.1) is 0 Å². The number of nitrogens with zero attached hydrogens (tertiary/aromatic N) is 2. The lowest BCUT2D eigenvalue weighted by Crippen LogP contribution is -1.97. The van der Waals surface area contributed by atoms with Gasteiger partial charge in [-0.05, 0) is 129 Å². The van der Waals surface area contributed by atoms with Gasteiger partial charge in [-0.15, -0.1) is 0 Å². The smallest absolute Gasteiger partial charge is 0.141 e. The van der Waals surface area contributed by atoms with E-state index in [4.69, 9.17) is 4.98 Å². The second-order valence-electron chi connectivity index (χ2n) is 14.9. The highest BCUT2D eigenvalue weighted by atomic mass is 15.1. The molecule has 256 valence electrons. The topological polar surface area (TPSA) is 17.8 Å². The van der Waals surface area contributed by atoms with Crippen molar-refractivity contribution < 1.29 is 0 Å². The Morgan fingerprint density at radius 3 is 1.53 bits per heavy atom. The largest absolute Gasteiger partial charge is 0.324 e. The van der Waals surface area contributed by atoms with Crippen LogP contribution in [0.2, 0.25) is 0 Å². The molecule has 0 fully saturated rings. The van der Waals surface area contributed by atoms with Crippen molar-refractivity contribution in [3.63, 3.8) is 0 Å². The number of fused-ring (bicyclic) bond motifs is 4. The Morgan fingerprint density at radius 1 is 0.382 bits per heavy atom. The highest BCUT2D eigenvalue weighted by Gasteiger charge is 2.18. The van der Waals surface area contributed by atoms with Crippen molar-refractivity contribution in [1.29, 1.82) is 0 Å². The molecule has 0 unspecified atom stereocenters. The number of imidazole rings is 1. The van der Waals surface area contributed by atoms with E-state index in [1.54, 1.807) is 0 Å². The van der Waals surface area contributed by atoms with E-state index in [1.165, 1.54) is 97.7 Å². The molecule has 0 radical (unpaired) electrons. The third-order valence-electron chi connectivity index (χ3n) is 12.1. The molecule has 1 aromatic heterocycles. The molecule has 2 nitrogen and oxygen atoms in total. The minimum atomic E-state index is 0.860. The third-order valence-corrected chi connectivity index (χ3v) is 12.1. The van der Waals surface area contributed by atoms with Crippen LogP contribution in [0.3, 0.4) is 0 Å². The lowest BCUT2D eigenvalue weighted by Gasteiger charge is -2.18. The summed E-state index contributed by atoms with van der Waals surface area (Å²) in [6.07, 6.45) is 0. The highest BCUT2D eigenvalue weighted by molar-refractivity contribution is 6.37. The van der Waals surface area contributed by atoms with Crippen LogP contribution in [-0.4, -0.2) is 9.55 Å². The molecule has 0 atom stereocenters. The zero-order chi connectivity index (χ0) is 36.2. The fourth-order valence-electron chi connectivity index (χ4n) is 9.67. The minimum Gasteiger partial charge on any atom is -0.324 e. The third kappa shape index (κ3) is 4.34. The first-order valence-corrected chi connectivity index (χ1v) is 19.3. The Hall–Kier alpha value is -7.03. The molecular formula is C53H34N2. The fraction of sp³-hybridized carbons (Fsp3) is 0.0377. The Morgan fingerprint density at radius 2 is 0.909 bits per heavy atom. The molecule has 0 N–H and O–H groups in total. The van der Waals surface area contributed by atoms with Gasteiger partial charge in [0.25, 0.3) is 0 Å². The molecule has 0 aliphatic carbocycles. The van der Waals surface area contributed by atoms with Crippen molar-refractivity contribution in [2.75, 3.05) is 0 Å². The molecule has 55 heavy (non-hydrogen) atoms. The first-order chi connectivity index (χ1) is 27.2. The monoisotopic (exact) mass is 698 g/mol. The van der Waals surface area contributed by atoms with Crippen molar-refractivity contribution >= 4 is 86.4 Å². The standard InChI is InChI=1S/C53H34N2/c1-2-55-48-28-25-36(31-47(48)54-53(55)35-11-4-3-5-12-35)39-26-27-40(42-17-7-6-16-41(39)42)38-29-37-24-23-34-14-9-19-44-43-18-8-13-32-21-22-33-15-10-20-45(51(33)49(32)43)46(30-38)52(37)50(34)44/h3-31H,2H2,1H3. The molecule has 11 aromatic carbocycles. The van der Waals surface area contributed by atoms with Crippen molar-refractivity contribution in [2.24, 2.45) is 0 Å². The summed E-state index contributed by atoms with van der Waals surface area (Å²) < 4.78 is 2.32. The van der Waals surface area contributed by atoms with Gasteiger partial charge in [-0.2, -0.15) is 0 Å². The number of hydrogen-bond acceptors (Lipinski definition) is 1. The van der Waals surface area contributed by atoms with Gasteiger partial charge >= 0.3 is 0 Å². The summed E-state index contributed by atoms with van der Waals surface area (Å²) in [5.74, 6) is 1.01. The van der Waals surface area contributed by atoms with Gasteiger partial charge in [-0.25, -0.2) is 4.98 Å². The molecule has 12 rings (SSSR count). The average molecular weight is 699 g/mol. The lowest BCUT2D eigenvalue weighted by atomic mass is 9.85. The maximum Gasteiger partial charge on any atom is 0.141 e. The molecule has 2 heteroatoms. The highest BCUT2D eigenvalue weighted by Crippen LogP contribution is 2.45. The van der Waals surface area contributed by atoms with Crippen LogP contribution in [0.4, 0.5) is 0 Å². The maximum atomic E-state index is 5.18. The van der Waals surface area contributed by atoms with Gasteiger partial charge in [0, 0.05) is 12.1 Å². The number of rotatable bonds is 4. The molecule has 0 aliphatic heterocycles. The first-order valence-electron chi connectivity index (χ1n) is 19.3. The summed E-state index contributed by atoms with van der Waals surface area (Å²) in [4.78, 5) is 5.18. The lowest BCUT2D eigenvalue weighted by molar-refractivity contribution is 0.796. The fourth-order valence-corrected chi connectivity index (χ4v) is 9.67. The summed E-state index contributed by atoms with van der Waals surface area (Å²) >= 11 is 0. The van der Waals surface area contributed by atoms with Crippen LogP contribution in [-0.2, 0) is 6.54 Å². The predicted molar refractivity (Wildman–Crippen MR) is 235 cm³/mol. The molecular weight excluding hydrogens is 665 g/mol. The van der Waals surface area contributed by atoms with Crippen LogP contribution in [0.1, 0.15) is 6.92 Å².